The minimum absolute atomic E-state index is 0.396. The van der Waals surface area contributed by atoms with E-state index in [-0.39, 0.29) is 0 Å². The van der Waals surface area contributed by atoms with Crippen LogP contribution >= 0.6 is 27.5 Å². The van der Waals surface area contributed by atoms with Gasteiger partial charge in [-0.3, -0.25) is 0 Å². The molecule has 2 rings (SSSR count). The molecule has 2 N–H and O–H groups in total. The molecule has 0 saturated carbocycles. The Labute approximate surface area is 112 Å². The maximum atomic E-state index is 5.93. The zero-order chi connectivity index (χ0) is 12.6. The van der Waals surface area contributed by atoms with Crippen LogP contribution in [0.2, 0.25) is 5.02 Å². The summed E-state index contributed by atoms with van der Waals surface area (Å²) in [7, 11) is 0. The minimum atomic E-state index is -0.632. The smallest absolute Gasteiger partial charge is 0.259 e. The Bertz CT molecular complexity index is 548. The molecule has 0 amide bonds. The predicted octanol–water partition coefficient (Wildman–Crippen LogP) is 3.35. The van der Waals surface area contributed by atoms with E-state index in [4.69, 9.17) is 21.9 Å². The highest BCUT2D eigenvalue weighted by atomic mass is 79.9. The molecule has 0 aliphatic heterocycles. The summed E-state index contributed by atoms with van der Waals surface area (Å²) < 4.78 is 6.02. The number of aromatic nitrogens is 2. The molecule has 17 heavy (non-hydrogen) atoms. The van der Waals surface area contributed by atoms with Gasteiger partial charge in [0, 0.05) is 9.50 Å². The van der Waals surface area contributed by atoms with Crippen molar-refractivity contribution in [3.8, 4) is 11.5 Å². The van der Waals surface area contributed by atoms with Gasteiger partial charge in [-0.05, 0) is 48.0 Å². The minimum Gasteiger partial charge on any atom is -0.334 e. The molecule has 6 heteroatoms. The lowest BCUT2D eigenvalue weighted by atomic mass is 10.1. The lowest BCUT2D eigenvalue weighted by Gasteiger charge is -2.11. The van der Waals surface area contributed by atoms with Gasteiger partial charge in [0.2, 0.25) is 0 Å². The zero-order valence-electron chi connectivity index (χ0n) is 9.37. The van der Waals surface area contributed by atoms with Crippen molar-refractivity contribution in [3.63, 3.8) is 0 Å². The summed E-state index contributed by atoms with van der Waals surface area (Å²) in [5.74, 6) is 0.854. The van der Waals surface area contributed by atoms with Crippen molar-refractivity contribution in [1.82, 2.24) is 10.1 Å². The SMILES string of the molecule is CC(C)(N)c1noc(-c2cc(Cl)ccc2Br)n1. The van der Waals surface area contributed by atoms with Crippen LogP contribution in [0.25, 0.3) is 11.5 Å². The van der Waals surface area contributed by atoms with Crippen LogP contribution in [0.1, 0.15) is 19.7 Å². The van der Waals surface area contributed by atoms with Crippen molar-refractivity contribution < 1.29 is 4.52 Å². The van der Waals surface area contributed by atoms with Gasteiger partial charge in [-0.1, -0.05) is 16.8 Å². The maximum Gasteiger partial charge on any atom is 0.259 e. The van der Waals surface area contributed by atoms with Gasteiger partial charge in [0.15, 0.2) is 5.82 Å². The van der Waals surface area contributed by atoms with E-state index in [0.29, 0.717) is 16.7 Å². The number of nitrogens with zero attached hydrogens (tertiary/aromatic N) is 2. The molecular weight excluding hydrogens is 305 g/mol. The van der Waals surface area contributed by atoms with E-state index < -0.39 is 5.54 Å². The van der Waals surface area contributed by atoms with E-state index >= 15 is 0 Å². The Kier molecular flexibility index (Phi) is 3.25. The topological polar surface area (TPSA) is 64.9 Å². The summed E-state index contributed by atoms with van der Waals surface area (Å²) >= 11 is 9.34. The highest BCUT2D eigenvalue weighted by Gasteiger charge is 2.22. The van der Waals surface area contributed by atoms with Crippen LogP contribution in [-0.4, -0.2) is 10.1 Å². The summed E-state index contributed by atoms with van der Waals surface area (Å²) in [4.78, 5) is 4.26. The predicted molar refractivity (Wildman–Crippen MR) is 69.7 cm³/mol. The molecule has 0 atom stereocenters. The largest absolute Gasteiger partial charge is 0.334 e. The molecule has 0 aliphatic rings. The third-order valence-corrected chi connectivity index (χ3v) is 3.09. The molecule has 0 spiro atoms. The van der Waals surface area contributed by atoms with Crippen LogP contribution in [0.4, 0.5) is 0 Å². The van der Waals surface area contributed by atoms with Crippen molar-refractivity contribution >= 4 is 27.5 Å². The van der Waals surface area contributed by atoms with Crippen molar-refractivity contribution in [1.29, 1.82) is 0 Å². The summed E-state index contributed by atoms with van der Waals surface area (Å²) in [6.45, 7) is 3.63. The molecule has 0 unspecified atom stereocenters. The van der Waals surface area contributed by atoms with Gasteiger partial charge < -0.3 is 10.3 Å². The van der Waals surface area contributed by atoms with E-state index in [1.807, 2.05) is 19.9 Å². The Morgan fingerprint density at radius 1 is 1.41 bits per heavy atom. The molecule has 0 aliphatic carbocycles. The van der Waals surface area contributed by atoms with Crippen LogP contribution in [0, 0.1) is 0 Å². The Morgan fingerprint density at radius 2 is 2.12 bits per heavy atom. The third-order valence-electron chi connectivity index (χ3n) is 2.16. The van der Waals surface area contributed by atoms with Gasteiger partial charge >= 0.3 is 0 Å². The number of nitrogens with two attached hydrogens (primary N) is 1. The summed E-state index contributed by atoms with van der Waals surface area (Å²) in [5, 5.41) is 4.47. The van der Waals surface area contributed by atoms with Crippen LogP contribution in [-0.2, 0) is 5.54 Å². The quantitative estimate of drug-likeness (QED) is 0.923. The average Bonchev–Trinajstić information content (AvgIpc) is 2.70. The highest BCUT2D eigenvalue weighted by molar-refractivity contribution is 9.10. The fourth-order valence-corrected chi connectivity index (χ4v) is 1.84. The Hall–Kier alpha value is -0.910. The van der Waals surface area contributed by atoms with Gasteiger partial charge in [-0.15, -0.1) is 0 Å². The van der Waals surface area contributed by atoms with Gasteiger partial charge in [-0.2, -0.15) is 4.98 Å². The molecule has 0 bridgehead atoms. The standard InChI is InChI=1S/C11H11BrClN3O/c1-11(2,14)10-15-9(17-16-10)7-5-6(13)3-4-8(7)12/h3-5H,14H2,1-2H3. The molecule has 1 aromatic carbocycles. The third kappa shape index (κ3) is 2.68. The average molecular weight is 317 g/mol. The highest BCUT2D eigenvalue weighted by Crippen LogP contribution is 2.30. The molecule has 4 nitrogen and oxygen atoms in total. The molecule has 90 valence electrons. The van der Waals surface area contributed by atoms with Crippen molar-refractivity contribution in [2.45, 2.75) is 19.4 Å². The fourth-order valence-electron chi connectivity index (χ4n) is 1.26. The normalized spacial score (nSPS) is 11.8. The summed E-state index contributed by atoms with van der Waals surface area (Å²) in [6, 6.07) is 5.36. The molecule has 0 fully saturated rings. The lowest BCUT2D eigenvalue weighted by molar-refractivity contribution is 0.397. The Balaban J connectivity index is 2.47. The molecular formula is C11H11BrClN3O. The summed E-state index contributed by atoms with van der Waals surface area (Å²) in [6.07, 6.45) is 0. The number of rotatable bonds is 2. The fraction of sp³-hybridized carbons (Fsp3) is 0.273. The number of hydrogen-bond donors (Lipinski definition) is 1. The second-order valence-electron chi connectivity index (χ2n) is 4.27. The second-order valence-corrected chi connectivity index (χ2v) is 5.56. The first-order valence-electron chi connectivity index (χ1n) is 4.96. The monoisotopic (exact) mass is 315 g/mol. The zero-order valence-corrected chi connectivity index (χ0v) is 11.7. The molecule has 1 aromatic heterocycles. The van der Waals surface area contributed by atoms with Crippen LogP contribution in [0.3, 0.4) is 0 Å². The van der Waals surface area contributed by atoms with Gasteiger partial charge in [0.1, 0.15) is 0 Å². The lowest BCUT2D eigenvalue weighted by Crippen LogP contribution is -2.30. The number of halogens is 2. The van der Waals surface area contributed by atoms with E-state index in [9.17, 15) is 0 Å². The molecule has 2 aromatic rings. The first-order valence-corrected chi connectivity index (χ1v) is 6.13. The van der Waals surface area contributed by atoms with Crippen LogP contribution < -0.4 is 5.73 Å². The molecule has 1 heterocycles. The Morgan fingerprint density at radius 3 is 2.71 bits per heavy atom. The molecule has 0 saturated heterocycles. The van der Waals surface area contributed by atoms with E-state index in [1.54, 1.807) is 12.1 Å². The second kappa shape index (κ2) is 4.40. The number of hydrogen-bond acceptors (Lipinski definition) is 4. The van der Waals surface area contributed by atoms with E-state index in [1.165, 1.54) is 0 Å². The first kappa shape index (κ1) is 12.5. The van der Waals surface area contributed by atoms with Crippen molar-refractivity contribution in [2.24, 2.45) is 5.73 Å². The van der Waals surface area contributed by atoms with Crippen molar-refractivity contribution in [2.75, 3.05) is 0 Å². The van der Waals surface area contributed by atoms with Crippen molar-refractivity contribution in [3.05, 3.63) is 33.5 Å². The van der Waals surface area contributed by atoms with Gasteiger partial charge in [0.05, 0.1) is 11.1 Å². The van der Waals surface area contributed by atoms with Crippen LogP contribution in [0.5, 0.6) is 0 Å². The van der Waals surface area contributed by atoms with Gasteiger partial charge in [0.25, 0.3) is 5.89 Å². The first-order chi connectivity index (χ1) is 7.88. The molecule has 0 radical (unpaired) electrons. The number of benzene rings is 1. The van der Waals surface area contributed by atoms with Gasteiger partial charge in [-0.25, -0.2) is 0 Å². The maximum absolute atomic E-state index is 5.93. The summed E-state index contributed by atoms with van der Waals surface area (Å²) in [5.41, 5.74) is 6.01. The van der Waals surface area contributed by atoms with E-state index in [0.717, 1.165) is 10.0 Å². The van der Waals surface area contributed by atoms with E-state index in [2.05, 4.69) is 26.1 Å². The van der Waals surface area contributed by atoms with Crippen LogP contribution in [0.15, 0.2) is 27.2 Å².